The van der Waals surface area contributed by atoms with E-state index >= 15 is 0 Å². The van der Waals surface area contributed by atoms with Gasteiger partial charge < -0.3 is 15.7 Å². The second kappa shape index (κ2) is 6.97. The molecular formula is C19H19N5O2. The number of rotatable bonds is 4. The van der Waals surface area contributed by atoms with Crippen LogP contribution in [0.4, 0.5) is 4.79 Å². The number of benzene rings is 1. The largest absolute Gasteiger partial charge is 0.390 e. The minimum atomic E-state index is -0.603. The van der Waals surface area contributed by atoms with Crippen LogP contribution in [0.3, 0.4) is 0 Å². The first-order valence-corrected chi connectivity index (χ1v) is 8.44. The van der Waals surface area contributed by atoms with E-state index in [1.807, 2.05) is 47.2 Å². The molecule has 1 aromatic carbocycles. The molecule has 2 unspecified atom stereocenters. The third-order valence-electron chi connectivity index (χ3n) is 4.52. The number of nitrogens with one attached hydrogen (secondary N) is 2. The van der Waals surface area contributed by atoms with Gasteiger partial charge in [-0.2, -0.15) is 0 Å². The molecule has 4 rings (SSSR count). The maximum Gasteiger partial charge on any atom is 0.315 e. The summed E-state index contributed by atoms with van der Waals surface area (Å²) in [6, 6.07) is 10.8. The summed E-state index contributed by atoms with van der Waals surface area (Å²) in [7, 11) is 0. The van der Waals surface area contributed by atoms with Gasteiger partial charge in [0.05, 0.1) is 12.1 Å². The first-order valence-electron chi connectivity index (χ1n) is 8.44. The Labute approximate surface area is 150 Å². The summed E-state index contributed by atoms with van der Waals surface area (Å²) < 4.78 is 1.81. The third kappa shape index (κ3) is 3.29. The summed E-state index contributed by atoms with van der Waals surface area (Å²) in [5, 5.41) is 15.9. The van der Waals surface area contributed by atoms with Crippen LogP contribution in [0.1, 0.15) is 22.7 Å². The van der Waals surface area contributed by atoms with Crippen molar-refractivity contribution in [2.45, 2.75) is 25.1 Å². The Kier molecular flexibility index (Phi) is 4.37. The average Bonchev–Trinajstić information content (AvgIpc) is 3.29. The highest BCUT2D eigenvalue weighted by atomic mass is 16.3. The lowest BCUT2D eigenvalue weighted by Crippen LogP contribution is -2.40. The molecule has 132 valence electrons. The number of aliphatic hydroxyl groups excluding tert-OH is 1. The summed E-state index contributed by atoms with van der Waals surface area (Å²) in [5.41, 5.74) is 2.93. The van der Waals surface area contributed by atoms with Crippen LogP contribution in [-0.2, 0) is 13.0 Å². The van der Waals surface area contributed by atoms with Gasteiger partial charge in [-0.25, -0.2) is 14.8 Å². The lowest BCUT2D eigenvalue weighted by Gasteiger charge is -2.18. The second-order valence-corrected chi connectivity index (χ2v) is 6.27. The Morgan fingerprint density at radius 3 is 2.92 bits per heavy atom. The molecule has 0 aliphatic heterocycles. The summed E-state index contributed by atoms with van der Waals surface area (Å²) in [6.07, 6.45) is 6.86. The monoisotopic (exact) mass is 349 g/mol. The molecule has 0 saturated heterocycles. The molecule has 0 fully saturated rings. The van der Waals surface area contributed by atoms with Crippen LogP contribution in [0.25, 0.3) is 5.82 Å². The zero-order chi connectivity index (χ0) is 17.9. The smallest absolute Gasteiger partial charge is 0.315 e. The number of aliphatic hydroxyl groups is 1. The van der Waals surface area contributed by atoms with Gasteiger partial charge in [0.1, 0.15) is 12.1 Å². The number of fused-ring (bicyclic) bond motifs is 1. The zero-order valence-corrected chi connectivity index (χ0v) is 14.0. The highest BCUT2D eigenvalue weighted by Gasteiger charge is 2.31. The van der Waals surface area contributed by atoms with Crippen LogP contribution in [-0.4, -0.2) is 31.8 Å². The van der Waals surface area contributed by atoms with Gasteiger partial charge in [-0.05, 0) is 22.8 Å². The van der Waals surface area contributed by atoms with Gasteiger partial charge in [0.2, 0.25) is 0 Å². The summed E-state index contributed by atoms with van der Waals surface area (Å²) in [4.78, 5) is 20.6. The third-order valence-corrected chi connectivity index (χ3v) is 4.52. The number of pyridine rings is 1. The Balaban J connectivity index is 1.34. The molecule has 3 N–H and O–H groups in total. The van der Waals surface area contributed by atoms with E-state index in [1.54, 1.807) is 18.7 Å². The SMILES string of the molecule is O=C(NCc1ccc(-n2ccnc2)nc1)NC1c2ccccc2CC1O. The Hall–Kier alpha value is -3.19. The predicted octanol–water partition coefficient (Wildman–Crippen LogP) is 1.72. The molecular weight excluding hydrogens is 330 g/mol. The normalized spacial score (nSPS) is 18.3. The first-order chi connectivity index (χ1) is 12.7. The number of aromatic nitrogens is 3. The van der Waals surface area contributed by atoms with Crippen molar-refractivity contribution in [3.05, 3.63) is 78.0 Å². The van der Waals surface area contributed by atoms with Crippen LogP contribution in [0.5, 0.6) is 0 Å². The lowest BCUT2D eigenvalue weighted by atomic mass is 10.1. The van der Waals surface area contributed by atoms with Crippen molar-refractivity contribution in [2.24, 2.45) is 0 Å². The fourth-order valence-electron chi connectivity index (χ4n) is 3.19. The summed E-state index contributed by atoms with van der Waals surface area (Å²) >= 11 is 0. The van der Waals surface area contributed by atoms with Crippen molar-refractivity contribution in [3.63, 3.8) is 0 Å². The topological polar surface area (TPSA) is 92.1 Å². The van der Waals surface area contributed by atoms with E-state index in [2.05, 4.69) is 20.6 Å². The number of imidazole rings is 1. The number of carbonyl (C=O) groups excluding carboxylic acids is 1. The standard InChI is InChI=1S/C19H19N5O2/c25-16-9-14-3-1-2-4-15(14)18(16)23-19(26)22-11-13-5-6-17(21-10-13)24-8-7-20-12-24/h1-8,10,12,16,18,25H,9,11H2,(H2,22,23,26). The van der Waals surface area contributed by atoms with Gasteiger partial charge in [-0.1, -0.05) is 30.3 Å². The molecule has 7 nitrogen and oxygen atoms in total. The molecule has 2 aromatic heterocycles. The molecule has 0 radical (unpaired) electrons. The van der Waals surface area contributed by atoms with E-state index in [1.165, 1.54) is 0 Å². The van der Waals surface area contributed by atoms with Crippen molar-refractivity contribution >= 4 is 6.03 Å². The number of hydrogen-bond donors (Lipinski definition) is 3. The summed E-state index contributed by atoms with van der Waals surface area (Å²) in [5.74, 6) is 0.765. The molecule has 0 spiro atoms. The molecule has 1 aliphatic rings. The van der Waals surface area contributed by atoms with Crippen molar-refractivity contribution in [1.82, 2.24) is 25.2 Å². The molecule has 26 heavy (non-hydrogen) atoms. The quantitative estimate of drug-likeness (QED) is 0.669. The average molecular weight is 349 g/mol. The van der Waals surface area contributed by atoms with Crippen LogP contribution >= 0.6 is 0 Å². The molecule has 7 heteroatoms. The minimum absolute atomic E-state index is 0.315. The van der Waals surface area contributed by atoms with E-state index in [-0.39, 0.29) is 12.1 Å². The van der Waals surface area contributed by atoms with Gasteiger partial charge in [0.25, 0.3) is 0 Å². The zero-order valence-electron chi connectivity index (χ0n) is 14.0. The van der Waals surface area contributed by atoms with Crippen molar-refractivity contribution in [1.29, 1.82) is 0 Å². The highest BCUT2D eigenvalue weighted by Crippen LogP contribution is 2.31. The highest BCUT2D eigenvalue weighted by molar-refractivity contribution is 5.74. The lowest BCUT2D eigenvalue weighted by molar-refractivity contribution is 0.142. The van der Waals surface area contributed by atoms with Crippen LogP contribution in [0.2, 0.25) is 0 Å². The van der Waals surface area contributed by atoms with Gasteiger partial charge in [0.15, 0.2) is 0 Å². The van der Waals surface area contributed by atoms with Crippen LogP contribution in [0, 0.1) is 0 Å². The van der Waals surface area contributed by atoms with Gasteiger partial charge >= 0.3 is 6.03 Å². The Morgan fingerprint density at radius 1 is 1.27 bits per heavy atom. The van der Waals surface area contributed by atoms with E-state index in [4.69, 9.17) is 0 Å². The van der Waals surface area contributed by atoms with E-state index < -0.39 is 6.10 Å². The van der Waals surface area contributed by atoms with E-state index in [9.17, 15) is 9.90 Å². The van der Waals surface area contributed by atoms with Crippen LogP contribution in [0.15, 0.2) is 61.3 Å². The molecule has 2 atom stereocenters. The second-order valence-electron chi connectivity index (χ2n) is 6.27. The Bertz CT molecular complexity index is 893. The number of carbonyl (C=O) groups is 1. The van der Waals surface area contributed by atoms with Crippen molar-refractivity contribution in [3.8, 4) is 5.82 Å². The Morgan fingerprint density at radius 2 is 2.15 bits per heavy atom. The molecule has 1 aliphatic carbocycles. The summed E-state index contributed by atoms with van der Waals surface area (Å²) in [6.45, 7) is 0.355. The fraction of sp³-hybridized carbons (Fsp3) is 0.211. The number of amides is 2. The number of nitrogens with zero attached hydrogens (tertiary/aromatic N) is 3. The maximum absolute atomic E-state index is 12.2. The maximum atomic E-state index is 12.2. The van der Waals surface area contributed by atoms with E-state index in [0.29, 0.717) is 13.0 Å². The molecule has 2 heterocycles. The van der Waals surface area contributed by atoms with Gasteiger partial charge in [0, 0.05) is 31.6 Å². The predicted molar refractivity (Wildman–Crippen MR) is 95.6 cm³/mol. The van der Waals surface area contributed by atoms with Crippen molar-refractivity contribution in [2.75, 3.05) is 0 Å². The number of hydrogen-bond acceptors (Lipinski definition) is 4. The minimum Gasteiger partial charge on any atom is -0.390 e. The number of urea groups is 1. The van der Waals surface area contributed by atoms with Crippen LogP contribution < -0.4 is 10.6 Å². The molecule has 0 saturated carbocycles. The first kappa shape index (κ1) is 16.3. The van der Waals surface area contributed by atoms with Gasteiger partial charge in [-0.3, -0.25) is 4.57 Å². The molecule has 3 aromatic rings. The fourth-order valence-corrected chi connectivity index (χ4v) is 3.19. The van der Waals surface area contributed by atoms with Gasteiger partial charge in [-0.15, -0.1) is 0 Å². The molecule has 2 amide bonds. The molecule has 0 bridgehead atoms. The van der Waals surface area contributed by atoms with E-state index in [0.717, 1.165) is 22.5 Å². The van der Waals surface area contributed by atoms with Crippen molar-refractivity contribution < 1.29 is 9.90 Å².